The summed E-state index contributed by atoms with van der Waals surface area (Å²) >= 11 is 2.33. The summed E-state index contributed by atoms with van der Waals surface area (Å²) in [5.41, 5.74) is 2.68. The van der Waals surface area contributed by atoms with Gasteiger partial charge in [0, 0.05) is 35.1 Å². The topological polar surface area (TPSA) is 17.0 Å². The molecule has 1 heterocycles. The van der Waals surface area contributed by atoms with Gasteiger partial charge in [-0.15, -0.1) is 0 Å². The minimum atomic E-state index is 0.532. The molecule has 0 fully saturated rings. The summed E-state index contributed by atoms with van der Waals surface area (Å²) < 4.78 is 3.52. The van der Waals surface area contributed by atoms with Crippen LogP contribution in [0.1, 0.15) is 25.0 Å². The maximum Gasteiger partial charge on any atom is 0.0470 e. The summed E-state index contributed by atoms with van der Waals surface area (Å²) in [7, 11) is 0. The number of nitrogens with zero attached hydrogens (tertiary/aromatic N) is 1. The summed E-state index contributed by atoms with van der Waals surface area (Å²) in [6.07, 6.45) is 4.36. The first-order valence-electron chi connectivity index (χ1n) is 6.26. The molecular formula is C15H19IN2. The second-order valence-electron chi connectivity index (χ2n) is 4.85. The lowest BCUT2D eigenvalue weighted by atomic mass is 10.2. The van der Waals surface area contributed by atoms with Crippen LogP contribution < -0.4 is 5.32 Å². The molecule has 96 valence electrons. The maximum atomic E-state index is 3.43. The van der Waals surface area contributed by atoms with Crippen molar-refractivity contribution in [2.75, 3.05) is 0 Å². The van der Waals surface area contributed by atoms with E-state index in [1.165, 1.54) is 14.7 Å². The van der Waals surface area contributed by atoms with Gasteiger partial charge in [-0.25, -0.2) is 0 Å². The highest BCUT2D eigenvalue weighted by Gasteiger charge is 1.99. The number of rotatable bonds is 5. The second kappa shape index (κ2) is 6.38. The molecule has 0 aliphatic carbocycles. The highest BCUT2D eigenvalue weighted by atomic mass is 127. The Balaban J connectivity index is 1.95. The van der Waals surface area contributed by atoms with Crippen LogP contribution in [0.3, 0.4) is 0 Å². The molecule has 0 saturated heterocycles. The van der Waals surface area contributed by atoms with E-state index < -0.39 is 0 Å². The zero-order valence-electron chi connectivity index (χ0n) is 10.9. The van der Waals surface area contributed by atoms with Crippen LogP contribution in [0.2, 0.25) is 0 Å². The molecule has 1 N–H and O–H groups in total. The first-order valence-corrected chi connectivity index (χ1v) is 7.34. The Morgan fingerprint density at radius 3 is 2.50 bits per heavy atom. The number of hydrogen-bond donors (Lipinski definition) is 1. The predicted molar refractivity (Wildman–Crippen MR) is 84.7 cm³/mol. The van der Waals surface area contributed by atoms with Crippen LogP contribution in [-0.4, -0.2) is 10.6 Å². The lowest BCUT2D eigenvalue weighted by Crippen LogP contribution is -2.21. The highest BCUT2D eigenvalue weighted by molar-refractivity contribution is 14.1. The van der Waals surface area contributed by atoms with E-state index in [9.17, 15) is 0 Å². The van der Waals surface area contributed by atoms with E-state index >= 15 is 0 Å². The third kappa shape index (κ3) is 4.14. The maximum absolute atomic E-state index is 3.43. The van der Waals surface area contributed by atoms with E-state index in [4.69, 9.17) is 0 Å². The monoisotopic (exact) mass is 354 g/mol. The van der Waals surface area contributed by atoms with Crippen molar-refractivity contribution >= 4 is 22.6 Å². The van der Waals surface area contributed by atoms with Gasteiger partial charge in [0.15, 0.2) is 0 Å². The van der Waals surface area contributed by atoms with E-state index in [0.717, 1.165) is 13.1 Å². The normalized spacial score (nSPS) is 11.1. The van der Waals surface area contributed by atoms with Gasteiger partial charge in [0.2, 0.25) is 0 Å². The fourth-order valence-electron chi connectivity index (χ4n) is 1.82. The quantitative estimate of drug-likeness (QED) is 0.812. The number of benzene rings is 1. The SMILES string of the molecule is CC(C)NCc1ccn(Cc2ccc(I)cc2)c1. The molecule has 0 atom stereocenters. The first-order chi connectivity index (χ1) is 8.63. The fraction of sp³-hybridized carbons (Fsp3) is 0.333. The van der Waals surface area contributed by atoms with Gasteiger partial charge in [-0.3, -0.25) is 0 Å². The molecule has 0 spiro atoms. The Morgan fingerprint density at radius 1 is 1.11 bits per heavy atom. The molecule has 0 radical (unpaired) electrons. The molecule has 0 amide bonds. The van der Waals surface area contributed by atoms with Crippen molar-refractivity contribution in [3.05, 3.63) is 57.4 Å². The standard InChI is InChI=1S/C15H19IN2/c1-12(2)17-9-14-7-8-18(11-14)10-13-3-5-15(16)6-4-13/h3-8,11-12,17H,9-10H2,1-2H3. The fourth-order valence-corrected chi connectivity index (χ4v) is 2.18. The highest BCUT2D eigenvalue weighted by Crippen LogP contribution is 2.10. The van der Waals surface area contributed by atoms with E-state index in [2.05, 4.69) is 89.0 Å². The Hall–Kier alpha value is -0.810. The van der Waals surface area contributed by atoms with Crippen molar-refractivity contribution in [1.82, 2.24) is 9.88 Å². The van der Waals surface area contributed by atoms with Crippen molar-refractivity contribution in [1.29, 1.82) is 0 Å². The number of nitrogens with one attached hydrogen (secondary N) is 1. The number of hydrogen-bond acceptors (Lipinski definition) is 1. The molecule has 2 aromatic rings. The molecule has 0 bridgehead atoms. The van der Waals surface area contributed by atoms with Gasteiger partial charge in [0.1, 0.15) is 0 Å². The molecule has 1 aromatic heterocycles. The van der Waals surface area contributed by atoms with Gasteiger partial charge in [-0.2, -0.15) is 0 Å². The Kier molecular flexibility index (Phi) is 4.83. The third-order valence-electron chi connectivity index (χ3n) is 2.80. The summed E-state index contributed by atoms with van der Waals surface area (Å²) in [5, 5.41) is 3.43. The van der Waals surface area contributed by atoms with E-state index in [-0.39, 0.29) is 0 Å². The molecule has 0 saturated carbocycles. The molecular weight excluding hydrogens is 335 g/mol. The van der Waals surface area contributed by atoms with Crippen molar-refractivity contribution in [2.24, 2.45) is 0 Å². The average molecular weight is 354 g/mol. The molecule has 0 aliphatic rings. The minimum Gasteiger partial charge on any atom is -0.350 e. The van der Waals surface area contributed by atoms with Crippen molar-refractivity contribution in [3.63, 3.8) is 0 Å². The largest absolute Gasteiger partial charge is 0.350 e. The van der Waals surface area contributed by atoms with Crippen LogP contribution in [0, 0.1) is 3.57 Å². The summed E-state index contributed by atoms with van der Waals surface area (Å²) in [6, 6.07) is 11.4. The zero-order valence-corrected chi connectivity index (χ0v) is 13.0. The minimum absolute atomic E-state index is 0.532. The summed E-state index contributed by atoms with van der Waals surface area (Å²) in [6.45, 7) is 6.22. The Morgan fingerprint density at radius 2 is 1.83 bits per heavy atom. The van der Waals surface area contributed by atoms with Crippen LogP contribution in [0.4, 0.5) is 0 Å². The Bertz CT molecular complexity index is 485. The third-order valence-corrected chi connectivity index (χ3v) is 3.52. The van der Waals surface area contributed by atoms with E-state index in [1.54, 1.807) is 0 Å². The molecule has 18 heavy (non-hydrogen) atoms. The molecule has 0 unspecified atom stereocenters. The average Bonchev–Trinajstić information content (AvgIpc) is 2.77. The zero-order chi connectivity index (χ0) is 13.0. The predicted octanol–water partition coefficient (Wildman–Crippen LogP) is 3.64. The summed E-state index contributed by atoms with van der Waals surface area (Å²) in [4.78, 5) is 0. The molecule has 0 aliphatic heterocycles. The van der Waals surface area contributed by atoms with Gasteiger partial charge in [-0.1, -0.05) is 26.0 Å². The van der Waals surface area contributed by atoms with Crippen LogP contribution in [-0.2, 0) is 13.1 Å². The van der Waals surface area contributed by atoms with Crippen LogP contribution >= 0.6 is 22.6 Å². The van der Waals surface area contributed by atoms with Gasteiger partial charge < -0.3 is 9.88 Å². The smallest absolute Gasteiger partial charge is 0.0470 e. The lowest BCUT2D eigenvalue weighted by molar-refractivity contribution is 0.588. The van der Waals surface area contributed by atoms with Crippen LogP contribution in [0.25, 0.3) is 0 Å². The van der Waals surface area contributed by atoms with Crippen LogP contribution in [0.5, 0.6) is 0 Å². The van der Waals surface area contributed by atoms with Gasteiger partial charge >= 0.3 is 0 Å². The lowest BCUT2D eigenvalue weighted by Gasteiger charge is -2.06. The first kappa shape index (κ1) is 13.6. The summed E-state index contributed by atoms with van der Waals surface area (Å²) in [5.74, 6) is 0. The number of aromatic nitrogens is 1. The molecule has 3 heteroatoms. The van der Waals surface area contributed by atoms with Gasteiger partial charge in [-0.05, 0) is 51.9 Å². The molecule has 2 nitrogen and oxygen atoms in total. The van der Waals surface area contributed by atoms with Gasteiger partial charge in [0.25, 0.3) is 0 Å². The van der Waals surface area contributed by atoms with E-state index in [0.29, 0.717) is 6.04 Å². The van der Waals surface area contributed by atoms with Gasteiger partial charge in [0.05, 0.1) is 0 Å². The second-order valence-corrected chi connectivity index (χ2v) is 6.10. The van der Waals surface area contributed by atoms with Crippen molar-refractivity contribution in [2.45, 2.75) is 33.0 Å². The van der Waals surface area contributed by atoms with Crippen molar-refractivity contribution < 1.29 is 0 Å². The van der Waals surface area contributed by atoms with Crippen LogP contribution in [0.15, 0.2) is 42.7 Å². The molecule has 1 aromatic carbocycles. The van der Waals surface area contributed by atoms with E-state index in [1.807, 2.05) is 0 Å². The Labute approximate surface area is 123 Å². The van der Waals surface area contributed by atoms with Crippen molar-refractivity contribution in [3.8, 4) is 0 Å². The molecule has 2 rings (SSSR count). The number of halogens is 1.